The molecule has 0 unspecified atom stereocenters. The van der Waals surface area contributed by atoms with Crippen molar-refractivity contribution < 1.29 is 4.39 Å². The van der Waals surface area contributed by atoms with Crippen molar-refractivity contribution in [1.82, 2.24) is 0 Å². The van der Waals surface area contributed by atoms with Gasteiger partial charge in [0.1, 0.15) is 5.82 Å². The third-order valence-corrected chi connectivity index (χ3v) is 2.32. The topological polar surface area (TPSA) is 0 Å². The van der Waals surface area contributed by atoms with Gasteiger partial charge in [-0.25, -0.2) is 4.39 Å². The highest BCUT2D eigenvalue weighted by Crippen LogP contribution is 2.22. The normalized spacial score (nSPS) is 10.0. The Morgan fingerprint density at radius 2 is 1.80 bits per heavy atom. The molecule has 0 spiro atoms. The molecule has 0 aromatic heterocycles. The molecule has 1 heteroatoms. The van der Waals surface area contributed by atoms with Crippen LogP contribution in [0, 0.1) is 5.82 Å². The summed E-state index contributed by atoms with van der Waals surface area (Å²) in [7, 11) is 0. The standard InChI is InChI=1S/C14H17F/c1-4-5-11(2)10-12(3)13-6-8-14(15)9-7-13/h6-9H,2-5,10H2,1H3. The fraction of sp³-hybridized carbons (Fsp3) is 0.286. The SMILES string of the molecule is C=C(CCC)CC(=C)c1ccc(F)cc1. The lowest BCUT2D eigenvalue weighted by Crippen LogP contribution is -1.87. The number of hydrogen-bond acceptors (Lipinski definition) is 0. The number of hydrogen-bond donors (Lipinski definition) is 0. The lowest BCUT2D eigenvalue weighted by molar-refractivity contribution is 0.627. The first kappa shape index (κ1) is 11.7. The number of halogens is 1. The van der Waals surface area contributed by atoms with Crippen LogP contribution in [0.1, 0.15) is 31.7 Å². The van der Waals surface area contributed by atoms with E-state index in [0.717, 1.165) is 30.4 Å². The van der Waals surface area contributed by atoms with Crippen LogP contribution in [0.15, 0.2) is 43.0 Å². The summed E-state index contributed by atoms with van der Waals surface area (Å²) in [5, 5.41) is 0. The third-order valence-electron chi connectivity index (χ3n) is 2.32. The Morgan fingerprint density at radius 1 is 1.20 bits per heavy atom. The van der Waals surface area contributed by atoms with E-state index in [1.807, 2.05) is 0 Å². The molecule has 80 valence electrons. The predicted octanol–water partition coefficient (Wildman–Crippen LogP) is 4.59. The van der Waals surface area contributed by atoms with Crippen LogP contribution in [0.4, 0.5) is 4.39 Å². The van der Waals surface area contributed by atoms with Gasteiger partial charge < -0.3 is 0 Å². The summed E-state index contributed by atoms with van der Waals surface area (Å²) in [6.45, 7) is 10.1. The molecule has 0 saturated carbocycles. The summed E-state index contributed by atoms with van der Waals surface area (Å²) in [5.41, 5.74) is 3.19. The minimum atomic E-state index is -0.209. The lowest BCUT2D eigenvalue weighted by Gasteiger charge is -2.07. The van der Waals surface area contributed by atoms with Gasteiger partial charge in [0.15, 0.2) is 0 Å². The maximum atomic E-state index is 12.7. The maximum absolute atomic E-state index is 12.7. The molecule has 0 N–H and O–H groups in total. The summed E-state index contributed by atoms with van der Waals surface area (Å²) in [5.74, 6) is -0.209. The Morgan fingerprint density at radius 3 is 2.33 bits per heavy atom. The predicted molar refractivity (Wildman–Crippen MR) is 64.1 cm³/mol. The van der Waals surface area contributed by atoms with Crippen molar-refractivity contribution in [3.8, 4) is 0 Å². The van der Waals surface area contributed by atoms with Crippen LogP contribution in [-0.4, -0.2) is 0 Å². The molecule has 0 heterocycles. The van der Waals surface area contributed by atoms with Crippen LogP contribution < -0.4 is 0 Å². The van der Waals surface area contributed by atoms with Crippen LogP contribution >= 0.6 is 0 Å². The Labute approximate surface area is 91.1 Å². The van der Waals surface area contributed by atoms with Gasteiger partial charge in [-0.2, -0.15) is 0 Å². The van der Waals surface area contributed by atoms with Crippen LogP contribution in [-0.2, 0) is 0 Å². The molecule has 1 aromatic rings. The first-order valence-electron chi connectivity index (χ1n) is 5.24. The maximum Gasteiger partial charge on any atom is 0.123 e. The summed E-state index contributed by atoms with van der Waals surface area (Å²) >= 11 is 0. The number of rotatable bonds is 5. The Bertz CT molecular complexity index is 346. The molecule has 0 radical (unpaired) electrons. The molecule has 0 atom stereocenters. The lowest BCUT2D eigenvalue weighted by atomic mass is 9.98. The van der Waals surface area contributed by atoms with E-state index in [0.29, 0.717) is 0 Å². The summed E-state index contributed by atoms with van der Waals surface area (Å²) < 4.78 is 12.7. The van der Waals surface area contributed by atoms with Crippen molar-refractivity contribution in [2.75, 3.05) is 0 Å². The largest absolute Gasteiger partial charge is 0.207 e. The number of benzene rings is 1. The van der Waals surface area contributed by atoms with E-state index in [1.165, 1.54) is 17.7 Å². The molecule has 0 nitrogen and oxygen atoms in total. The Kier molecular flexibility index (Phi) is 4.29. The number of allylic oxidation sites excluding steroid dienone is 2. The van der Waals surface area contributed by atoms with E-state index in [9.17, 15) is 4.39 Å². The van der Waals surface area contributed by atoms with Crippen molar-refractivity contribution >= 4 is 5.57 Å². The van der Waals surface area contributed by atoms with Gasteiger partial charge >= 0.3 is 0 Å². The molecule has 0 aliphatic rings. The molecular weight excluding hydrogens is 187 g/mol. The van der Waals surface area contributed by atoms with Crippen molar-refractivity contribution in [3.63, 3.8) is 0 Å². The molecule has 15 heavy (non-hydrogen) atoms. The van der Waals surface area contributed by atoms with Crippen LogP contribution in [0.2, 0.25) is 0 Å². The molecule has 0 saturated heterocycles. The summed E-state index contributed by atoms with van der Waals surface area (Å²) in [6.07, 6.45) is 2.94. The van der Waals surface area contributed by atoms with Crippen LogP contribution in [0.3, 0.4) is 0 Å². The second-order valence-electron chi connectivity index (χ2n) is 3.79. The fourth-order valence-electron chi connectivity index (χ4n) is 1.53. The van der Waals surface area contributed by atoms with Crippen molar-refractivity contribution in [1.29, 1.82) is 0 Å². The molecule has 0 amide bonds. The van der Waals surface area contributed by atoms with E-state index in [-0.39, 0.29) is 5.82 Å². The minimum absolute atomic E-state index is 0.209. The van der Waals surface area contributed by atoms with Crippen molar-refractivity contribution in [2.24, 2.45) is 0 Å². The molecule has 0 aliphatic heterocycles. The minimum Gasteiger partial charge on any atom is -0.207 e. The molecular formula is C14H17F. The van der Waals surface area contributed by atoms with E-state index in [1.54, 1.807) is 12.1 Å². The van der Waals surface area contributed by atoms with E-state index >= 15 is 0 Å². The Balaban J connectivity index is 2.61. The van der Waals surface area contributed by atoms with Crippen molar-refractivity contribution in [3.05, 3.63) is 54.4 Å². The fourth-order valence-corrected chi connectivity index (χ4v) is 1.53. The van der Waals surface area contributed by atoms with Gasteiger partial charge in [0.05, 0.1) is 0 Å². The van der Waals surface area contributed by atoms with Crippen LogP contribution in [0.25, 0.3) is 5.57 Å². The molecule has 0 fully saturated rings. The van der Waals surface area contributed by atoms with Gasteiger partial charge in [0.25, 0.3) is 0 Å². The summed E-state index contributed by atoms with van der Waals surface area (Å²) in [6, 6.07) is 6.44. The monoisotopic (exact) mass is 204 g/mol. The van der Waals surface area contributed by atoms with Gasteiger partial charge in [0, 0.05) is 0 Å². The molecule has 0 bridgehead atoms. The highest BCUT2D eigenvalue weighted by Gasteiger charge is 2.01. The average Bonchev–Trinajstić information content (AvgIpc) is 2.18. The third kappa shape index (κ3) is 3.70. The van der Waals surface area contributed by atoms with Crippen molar-refractivity contribution in [2.45, 2.75) is 26.2 Å². The second kappa shape index (κ2) is 5.50. The molecule has 1 aromatic carbocycles. The average molecular weight is 204 g/mol. The van der Waals surface area contributed by atoms with E-state index in [2.05, 4.69) is 20.1 Å². The first-order chi connectivity index (χ1) is 7.13. The van der Waals surface area contributed by atoms with E-state index < -0.39 is 0 Å². The zero-order valence-electron chi connectivity index (χ0n) is 9.22. The zero-order chi connectivity index (χ0) is 11.3. The second-order valence-corrected chi connectivity index (χ2v) is 3.79. The highest BCUT2D eigenvalue weighted by atomic mass is 19.1. The first-order valence-corrected chi connectivity index (χ1v) is 5.24. The smallest absolute Gasteiger partial charge is 0.123 e. The van der Waals surface area contributed by atoms with E-state index in [4.69, 9.17) is 0 Å². The highest BCUT2D eigenvalue weighted by molar-refractivity contribution is 5.65. The van der Waals surface area contributed by atoms with Gasteiger partial charge in [0.2, 0.25) is 0 Å². The van der Waals surface area contributed by atoms with Crippen LogP contribution in [0.5, 0.6) is 0 Å². The molecule has 1 rings (SSSR count). The van der Waals surface area contributed by atoms with Gasteiger partial charge in [-0.15, -0.1) is 0 Å². The zero-order valence-corrected chi connectivity index (χ0v) is 9.22. The van der Waals surface area contributed by atoms with Gasteiger partial charge in [-0.05, 0) is 36.1 Å². The molecule has 0 aliphatic carbocycles. The summed E-state index contributed by atoms with van der Waals surface area (Å²) in [4.78, 5) is 0. The van der Waals surface area contributed by atoms with Gasteiger partial charge in [-0.1, -0.05) is 44.2 Å². The van der Waals surface area contributed by atoms with Gasteiger partial charge in [-0.3, -0.25) is 0 Å². The Hall–Kier alpha value is -1.37. The quantitative estimate of drug-likeness (QED) is 0.615.